The summed E-state index contributed by atoms with van der Waals surface area (Å²) < 4.78 is 0. The Labute approximate surface area is 151 Å². The summed E-state index contributed by atoms with van der Waals surface area (Å²) in [6.07, 6.45) is 3.28. The van der Waals surface area contributed by atoms with Crippen LogP contribution in [0.3, 0.4) is 0 Å². The quantitative estimate of drug-likeness (QED) is 0.771. The van der Waals surface area contributed by atoms with E-state index in [2.05, 4.69) is 64.3 Å². The van der Waals surface area contributed by atoms with Crippen LogP contribution in [0.4, 0.5) is 5.13 Å². The summed E-state index contributed by atoms with van der Waals surface area (Å²) in [4.78, 5) is 2.23. The Morgan fingerprint density at radius 2 is 2.04 bits per heavy atom. The highest BCUT2D eigenvalue weighted by molar-refractivity contribution is 7.18. The Balaban J connectivity index is 1.70. The number of nitrogens with zero attached hydrogens (tertiary/aromatic N) is 3. The van der Waals surface area contributed by atoms with E-state index in [0.29, 0.717) is 5.88 Å². The van der Waals surface area contributed by atoms with Crippen LogP contribution in [0.25, 0.3) is 16.1 Å². The predicted molar refractivity (Wildman–Crippen MR) is 104 cm³/mol. The van der Waals surface area contributed by atoms with Crippen molar-refractivity contribution in [2.45, 2.75) is 13.3 Å². The molecule has 0 amide bonds. The summed E-state index contributed by atoms with van der Waals surface area (Å²) in [7, 11) is 0. The molecule has 1 aromatic heterocycles. The van der Waals surface area contributed by atoms with Gasteiger partial charge in [0.25, 0.3) is 0 Å². The average Bonchev–Trinajstić information content (AvgIpc) is 3.10. The van der Waals surface area contributed by atoms with Crippen molar-refractivity contribution in [3.8, 4) is 10.6 Å². The molecule has 0 saturated carbocycles. The summed E-state index contributed by atoms with van der Waals surface area (Å²) in [6, 6.07) is 8.58. The molecular formula is C18H21ClN4S. The lowest BCUT2D eigenvalue weighted by atomic mass is 9.98. The van der Waals surface area contributed by atoms with E-state index in [-0.39, 0.29) is 0 Å². The van der Waals surface area contributed by atoms with Crippen LogP contribution in [-0.2, 0) is 0 Å². The molecule has 2 heterocycles. The highest BCUT2D eigenvalue weighted by Crippen LogP contribution is 2.29. The second-order valence-electron chi connectivity index (χ2n) is 5.65. The van der Waals surface area contributed by atoms with Gasteiger partial charge < -0.3 is 10.2 Å². The summed E-state index contributed by atoms with van der Waals surface area (Å²) in [5.74, 6) is 0.495. The van der Waals surface area contributed by atoms with Crippen molar-refractivity contribution in [1.82, 2.24) is 15.1 Å². The van der Waals surface area contributed by atoms with Crippen LogP contribution in [-0.4, -0.2) is 40.6 Å². The molecule has 0 atom stereocenters. The molecule has 0 unspecified atom stereocenters. The first-order valence-electron chi connectivity index (χ1n) is 8.07. The Hall–Kier alpha value is -1.85. The third-order valence-corrected chi connectivity index (χ3v) is 5.30. The third kappa shape index (κ3) is 3.79. The van der Waals surface area contributed by atoms with Gasteiger partial charge in [-0.15, -0.1) is 21.8 Å². The van der Waals surface area contributed by atoms with Crippen LogP contribution in [0.1, 0.15) is 18.9 Å². The number of benzene rings is 1. The summed E-state index contributed by atoms with van der Waals surface area (Å²) in [5.41, 5.74) is 4.75. The number of allylic oxidation sites excluding steroid dienone is 1. The molecule has 1 aromatic carbocycles. The van der Waals surface area contributed by atoms with E-state index < -0.39 is 0 Å². The summed E-state index contributed by atoms with van der Waals surface area (Å²) in [6.45, 7) is 8.77. The number of alkyl halides is 1. The molecule has 0 aliphatic carbocycles. The standard InChI is InChI=1S/C18H21ClN4S/c1-3-20-18-22-21-17(24-18)16-6-4-14(5-7-16)15-8-10-23(11-9-15)13(2)12-19/h4-8H,2-3,9-12H2,1H3,(H,20,22). The zero-order valence-corrected chi connectivity index (χ0v) is 15.3. The third-order valence-electron chi connectivity index (χ3n) is 4.07. The van der Waals surface area contributed by atoms with Crippen molar-refractivity contribution in [1.29, 1.82) is 0 Å². The minimum atomic E-state index is 0.495. The molecule has 0 spiro atoms. The Bertz CT molecular complexity index is 736. The fourth-order valence-corrected chi connectivity index (χ4v) is 3.68. The maximum Gasteiger partial charge on any atom is 0.205 e. The van der Waals surface area contributed by atoms with E-state index >= 15 is 0 Å². The molecule has 1 aliphatic heterocycles. The highest BCUT2D eigenvalue weighted by atomic mass is 35.5. The fourth-order valence-electron chi connectivity index (χ4n) is 2.69. The van der Waals surface area contributed by atoms with Crippen molar-refractivity contribution in [3.05, 3.63) is 48.2 Å². The second kappa shape index (κ2) is 7.81. The molecule has 126 valence electrons. The number of nitrogens with one attached hydrogen (secondary N) is 1. The van der Waals surface area contributed by atoms with Gasteiger partial charge in [0, 0.05) is 30.9 Å². The molecule has 0 saturated heterocycles. The molecule has 1 N–H and O–H groups in total. The lowest BCUT2D eigenvalue weighted by Crippen LogP contribution is -2.28. The van der Waals surface area contributed by atoms with E-state index in [4.69, 9.17) is 11.6 Å². The van der Waals surface area contributed by atoms with Gasteiger partial charge in [-0.3, -0.25) is 0 Å². The van der Waals surface area contributed by atoms with E-state index in [1.165, 1.54) is 11.1 Å². The van der Waals surface area contributed by atoms with Gasteiger partial charge in [-0.2, -0.15) is 0 Å². The summed E-state index contributed by atoms with van der Waals surface area (Å²) in [5, 5.41) is 13.4. The topological polar surface area (TPSA) is 41.1 Å². The van der Waals surface area contributed by atoms with Crippen LogP contribution in [0.2, 0.25) is 0 Å². The number of hydrogen-bond acceptors (Lipinski definition) is 5. The average molecular weight is 361 g/mol. The van der Waals surface area contributed by atoms with Gasteiger partial charge in [0.05, 0.1) is 5.88 Å². The predicted octanol–water partition coefficient (Wildman–Crippen LogP) is 4.48. The molecule has 24 heavy (non-hydrogen) atoms. The SMILES string of the molecule is C=C(CCl)N1CC=C(c2ccc(-c3nnc(NCC)s3)cc2)CC1. The van der Waals surface area contributed by atoms with Crippen LogP contribution >= 0.6 is 22.9 Å². The first-order valence-corrected chi connectivity index (χ1v) is 9.42. The van der Waals surface area contributed by atoms with Crippen molar-refractivity contribution >= 4 is 33.6 Å². The van der Waals surface area contributed by atoms with Gasteiger partial charge in [0.2, 0.25) is 5.13 Å². The lowest BCUT2D eigenvalue weighted by molar-refractivity contribution is 0.383. The Morgan fingerprint density at radius 3 is 2.67 bits per heavy atom. The molecule has 4 nitrogen and oxygen atoms in total. The zero-order valence-electron chi connectivity index (χ0n) is 13.8. The Kier molecular flexibility index (Phi) is 5.53. The van der Waals surface area contributed by atoms with Gasteiger partial charge in [0.1, 0.15) is 5.01 Å². The molecule has 0 fully saturated rings. The van der Waals surface area contributed by atoms with E-state index in [0.717, 1.165) is 47.5 Å². The smallest absolute Gasteiger partial charge is 0.205 e. The van der Waals surface area contributed by atoms with Crippen LogP contribution in [0.5, 0.6) is 0 Å². The van der Waals surface area contributed by atoms with Crippen LogP contribution < -0.4 is 5.32 Å². The molecule has 1 aliphatic rings. The van der Waals surface area contributed by atoms with Crippen molar-refractivity contribution in [2.24, 2.45) is 0 Å². The number of hydrogen-bond donors (Lipinski definition) is 1. The maximum atomic E-state index is 5.86. The largest absolute Gasteiger partial charge is 0.370 e. The van der Waals surface area contributed by atoms with E-state index in [9.17, 15) is 0 Å². The highest BCUT2D eigenvalue weighted by Gasteiger charge is 2.14. The number of halogens is 1. The van der Waals surface area contributed by atoms with Crippen LogP contribution in [0.15, 0.2) is 42.6 Å². The molecule has 6 heteroatoms. The van der Waals surface area contributed by atoms with Crippen molar-refractivity contribution < 1.29 is 0 Å². The molecule has 0 radical (unpaired) electrons. The number of rotatable bonds is 6. The number of anilines is 1. The van der Waals surface area contributed by atoms with E-state index in [1.807, 2.05) is 0 Å². The first kappa shape index (κ1) is 17.0. The van der Waals surface area contributed by atoms with Gasteiger partial charge in [-0.05, 0) is 24.5 Å². The number of aromatic nitrogens is 2. The monoisotopic (exact) mass is 360 g/mol. The maximum absolute atomic E-state index is 5.86. The van der Waals surface area contributed by atoms with Gasteiger partial charge >= 0.3 is 0 Å². The minimum absolute atomic E-state index is 0.495. The van der Waals surface area contributed by atoms with Gasteiger partial charge in [-0.25, -0.2) is 0 Å². The minimum Gasteiger partial charge on any atom is -0.370 e. The molecule has 3 rings (SSSR count). The van der Waals surface area contributed by atoms with Gasteiger partial charge in [-0.1, -0.05) is 48.3 Å². The Morgan fingerprint density at radius 1 is 1.29 bits per heavy atom. The van der Waals surface area contributed by atoms with Crippen molar-refractivity contribution in [3.63, 3.8) is 0 Å². The zero-order chi connectivity index (χ0) is 16.9. The van der Waals surface area contributed by atoms with E-state index in [1.54, 1.807) is 11.3 Å². The van der Waals surface area contributed by atoms with Crippen molar-refractivity contribution in [2.75, 3.05) is 30.8 Å². The first-order chi connectivity index (χ1) is 11.7. The molecular weight excluding hydrogens is 340 g/mol. The lowest BCUT2D eigenvalue weighted by Gasteiger charge is -2.29. The molecule has 0 bridgehead atoms. The van der Waals surface area contributed by atoms with Crippen LogP contribution in [0, 0.1) is 0 Å². The van der Waals surface area contributed by atoms with Gasteiger partial charge in [0.15, 0.2) is 0 Å². The second-order valence-corrected chi connectivity index (χ2v) is 6.89. The molecule has 2 aromatic rings. The summed E-state index contributed by atoms with van der Waals surface area (Å²) >= 11 is 7.44. The fraction of sp³-hybridized carbons (Fsp3) is 0.333. The normalized spacial score (nSPS) is 14.4.